The molecule has 1 saturated heterocycles. The molecule has 0 bridgehead atoms. The molecule has 0 amide bonds. The van der Waals surface area contributed by atoms with Crippen molar-refractivity contribution in [1.29, 1.82) is 0 Å². The zero-order chi connectivity index (χ0) is 16.8. The lowest BCUT2D eigenvalue weighted by atomic mass is 10.1. The SMILES string of the molecule is O=C(CN1CCCCC1)c1ccc(OCc2ccc(F)cc2)cc1. The second kappa shape index (κ2) is 8.06. The highest BCUT2D eigenvalue weighted by Gasteiger charge is 2.15. The van der Waals surface area contributed by atoms with Crippen molar-refractivity contribution in [2.75, 3.05) is 19.6 Å². The summed E-state index contributed by atoms with van der Waals surface area (Å²) in [5.74, 6) is 0.603. The van der Waals surface area contributed by atoms with Crippen molar-refractivity contribution in [3.63, 3.8) is 0 Å². The summed E-state index contributed by atoms with van der Waals surface area (Å²) in [7, 11) is 0. The topological polar surface area (TPSA) is 29.5 Å². The molecule has 2 aromatic carbocycles. The molecular weight excluding hydrogens is 305 g/mol. The number of ether oxygens (including phenoxy) is 1. The molecule has 0 N–H and O–H groups in total. The molecule has 0 unspecified atom stereocenters. The van der Waals surface area contributed by atoms with Crippen LogP contribution in [0.15, 0.2) is 48.5 Å². The summed E-state index contributed by atoms with van der Waals surface area (Å²) in [6.07, 6.45) is 3.64. The van der Waals surface area contributed by atoms with E-state index in [1.807, 2.05) is 24.3 Å². The van der Waals surface area contributed by atoms with Crippen LogP contribution in [-0.2, 0) is 6.61 Å². The van der Waals surface area contributed by atoms with Crippen molar-refractivity contribution < 1.29 is 13.9 Å². The first-order valence-electron chi connectivity index (χ1n) is 8.43. The number of likely N-dealkylation sites (tertiary alicyclic amines) is 1. The van der Waals surface area contributed by atoms with Crippen LogP contribution in [0.4, 0.5) is 4.39 Å². The molecule has 0 aromatic heterocycles. The van der Waals surface area contributed by atoms with Crippen LogP contribution < -0.4 is 4.74 Å². The van der Waals surface area contributed by atoms with Crippen LogP contribution in [-0.4, -0.2) is 30.3 Å². The number of carbonyl (C=O) groups is 1. The summed E-state index contributed by atoms with van der Waals surface area (Å²) in [6, 6.07) is 13.5. The molecular formula is C20H22FNO2. The fourth-order valence-corrected chi connectivity index (χ4v) is 2.90. The summed E-state index contributed by atoms with van der Waals surface area (Å²) < 4.78 is 18.5. The van der Waals surface area contributed by atoms with E-state index in [4.69, 9.17) is 4.74 Å². The molecule has 3 rings (SSSR count). The van der Waals surface area contributed by atoms with Crippen molar-refractivity contribution in [3.05, 3.63) is 65.5 Å². The van der Waals surface area contributed by atoms with Gasteiger partial charge in [0, 0.05) is 5.56 Å². The Bertz CT molecular complexity index is 661. The molecule has 1 aliphatic rings. The predicted octanol–water partition coefficient (Wildman–Crippen LogP) is 4.07. The van der Waals surface area contributed by atoms with Gasteiger partial charge >= 0.3 is 0 Å². The van der Waals surface area contributed by atoms with Crippen LogP contribution in [0.1, 0.15) is 35.2 Å². The minimum absolute atomic E-state index is 0.155. The second-order valence-electron chi connectivity index (χ2n) is 6.20. The largest absolute Gasteiger partial charge is 0.489 e. The van der Waals surface area contributed by atoms with Crippen LogP contribution >= 0.6 is 0 Å². The number of piperidine rings is 1. The van der Waals surface area contributed by atoms with Gasteiger partial charge in [-0.05, 0) is 67.9 Å². The fraction of sp³-hybridized carbons (Fsp3) is 0.350. The van der Waals surface area contributed by atoms with Gasteiger partial charge in [-0.2, -0.15) is 0 Å². The van der Waals surface area contributed by atoms with Gasteiger partial charge in [0.05, 0.1) is 6.54 Å². The van der Waals surface area contributed by atoms with E-state index in [0.717, 1.165) is 24.2 Å². The average molecular weight is 327 g/mol. The van der Waals surface area contributed by atoms with E-state index in [1.165, 1.54) is 31.4 Å². The number of hydrogen-bond acceptors (Lipinski definition) is 3. The van der Waals surface area contributed by atoms with Crippen molar-refractivity contribution in [3.8, 4) is 5.75 Å². The molecule has 1 aliphatic heterocycles. The van der Waals surface area contributed by atoms with Crippen LogP contribution in [0, 0.1) is 5.82 Å². The summed E-state index contributed by atoms with van der Waals surface area (Å²) in [4.78, 5) is 14.5. The van der Waals surface area contributed by atoms with Gasteiger partial charge in [-0.1, -0.05) is 18.6 Å². The minimum Gasteiger partial charge on any atom is -0.489 e. The Morgan fingerprint density at radius 3 is 2.29 bits per heavy atom. The number of rotatable bonds is 6. The van der Waals surface area contributed by atoms with Gasteiger partial charge in [-0.3, -0.25) is 9.69 Å². The lowest BCUT2D eigenvalue weighted by molar-refractivity contribution is 0.0915. The van der Waals surface area contributed by atoms with E-state index in [1.54, 1.807) is 12.1 Å². The maximum Gasteiger partial charge on any atom is 0.176 e. The van der Waals surface area contributed by atoms with Crippen LogP contribution in [0.3, 0.4) is 0 Å². The molecule has 2 aromatic rings. The van der Waals surface area contributed by atoms with E-state index in [9.17, 15) is 9.18 Å². The average Bonchev–Trinajstić information content (AvgIpc) is 2.62. The third kappa shape index (κ3) is 4.65. The van der Waals surface area contributed by atoms with Crippen molar-refractivity contribution in [2.45, 2.75) is 25.9 Å². The number of ketones is 1. The Kier molecular flexibility index (Phi) is 5.59. The fourth-order valence-electron chi connectivity index (χ4n) is 2.90. The Labute approximate surface area is 142 Å². The molecule has 126 valence electrons. The van der Waals surface area contributed by atoms with E-state index in [2.05, 4.69) is 4.90 Å². The number of Topliss-reactive ketones (excluding diaryl/α,β-unsaturated/α-hetero) is 1. The lowest BCUT2D eigenvalue weighted by Gasteiger charge is -2.25. The first kappa shape index (κ1) is 16.7. The molecule has 0 radical (unpaired) electrons. The highest BCUT2D eigenvalue weighted by Crippen LogP contribution is 2.16. The Hall–Kier alpha value is -2.20. The molecule has 1 fully saturated rings. The summed E-state index contributed by atoms with van der Waals surface area (Å²) >= 11 is 0. The minimum atomic E-state index is -0.254. The zero-order valence-corrected chi connectivity index (χ0v) is 13.7. The first-order chi connectivity index (χ1) is 11.7. The van der Waals surface area contributed by atoms with Crippen molar-refractivity contribution in [2.24, 2.45) is 0 Å². The standard InChI is InChI=1S/C20H22FNO2/c21-18-8-4-16(5-9-18)15-24-19-10-6-17(7-11-19)20(23)14-22-12-2-1-3-13-22/h4-11H,1-3,12-15H2. The smallest absolute Gasteiger partial charge is 0.176 e. The normalized spacial score (nSPS) is 15.2. The van der Waals surface area contributed by atoms with Gasteiger partial charge < -0.3 is 4.74 Å². The monoisotopic (exact) mass is 327 g/mol. The van der Waals surface area contributed by atoms with Crippen LogP contribution in [0.2, 0.25) is 0 Å². The molecule has 0 aliphatic carbocycles. The third-order valence-electron chi connectivity index (χ3n) is 4.31. The Morgan fingerprint density at radius 1 is 0.958 bits per heavy atom. The lowest BCUT2D eigenvalue weighted by Crippen LogP contribution is -2.34. The maximum atomic E-state index is 12.9. The van der Waals surface area contributed by atoms with Gasteiger partial charge in [0.2, 0.25) is 0 Å². The van der Waals surface area contributed by atoms with E-state index < -0.39 is 0 Å². The highest BCUT2D eigenvalue weighted by molar-refractivity contribution is 5.97. The number of benzene rings is 2. The number of carbonyl (C=O) groups excluding carboxylic acids is 1. The number of nitrogens with zero attached hydrogens (tertiary/aromatic N) is 1. The van der Waals surface area contributed by atoms with Crippen LogP contribution in [0.5, 0.6) is 5.75 Å². The van der Waals surface area contributed by atoms with Crippen molar-refractivity contribution in [1.82, 2.24) is 4.90 Å². The van der Waals surface area contributed by atoms with Gasteiger partial charge in [-0.15, -0.1) is 0 Å². The Balaban J connectivity index is 1.52. The molecule has 0 atom stereocenters. The highest BCUT2D eigenvalue weighted by atomic mass is 19.1. The summed E-state index contributed by atoms with van der Waals surface area (Å²) in [5, 5.41) is 0. The first-order valence-corrected chi connectivity index (χ1v) is 8.43. The summed E-state index contributed by atoms with van der Waals surface area (Å²) in [5.41, 5.74) is 1.62. The maximum absolute atomic E-state index is 12.9. The molecule has 3 nitrogen and oxygen atoms in total. The number of halogens is 1. The van der Waals surface area contributed by atoms with Crippen LogP contribution in [0.25, 0.3) is 0 Å². The van der Waals surface area contributed by atoms with Gasteiger partial charge in [0.1, 0.15) is 18.2 Å². The van der Waals surface area contributed by atoms with Gasteiger partial charge in [0.15, 0.2) is 5.78 Å². The number of hydrogen-bond donors (Lipinski definition) is 0. The summed E-state index contributed by atoms with van der Waals surface area (Å²) in [6.45, 7) is 2.91. The van der Waals surface area contributed by atoms with E-state index in [0.29, 0.717) is 18.9 Å². The zero-order valence-electron chi connectivity index (χ0n) is 13.7. The third-order valence-corrected chi connectivity index (χ3v) is 4.31. The quantitative estimate of drug-likeness (QED) is 0.749. The van der Waals surface area contributed by atoms with Gasteiger partial charge in [-0.25, -0.2) is 4.39 Å². The van der Waals surface area contributed by atoms with Crippen molar-refractivity contribution >= 4 is 5.78 Å². The molecule has 4 heteroatoms. The Morgan fingerprint density at radius 2 is 1.62 bits per heavy atom. The molecule has 0 spiro atoms. The molecule has 0 saturated carbocycles. The second-order valence-corrected chi connectivity index (χ2v) is 6.20. The van der Waals surface area contributed by atoms with E-state index >= 15 is 0 Å². The molecule has 24 heavy (non-hydrogen) atoms. The van der Waals surface area contributed by atoms with Gasteiger partial charge in [0.25, 0.3) is 0 Å². The molecule has 1 heterocycles. The predicted molar refractivity (Wildman–Crippen MR) is 91.8 cm³/mol. The van der Waals surface area contributed by atoms with E-state index in [-0.39, 0.29) is 11.6 Å².